The van der Waals surface area contributed by atoms with Crippen molar-refractivity contribution >= 4 is 5.91 Å². The van der Waals surface area contributed by atoms with Crippen molar-refractivity contribution in [2.24, 2.45) is 0 Å². The van der Waals surface area contributed by atoms with Crippen LogP contribution in [0.4, 0.5) is 0 Å². The number of carbonyl (C=O) groups is 1. The van der Waals surface area contributed by atoms with Crippen molar-refractivity contribution in [3.05, 3.63) is 23.8 Å². The Bertz CT molecular complexity index is 530. The summed E-state index contributed by atoms with van der Waals surface area (Å²) in [6, 6.07) is 5.97. The van der Waals surface area contributed by atoms with Gasteiger partial charge in [0, 0.05) is 45.7 Å². The van der Waals surface area contributed by atoms with Gasteiger partial charge in [0.2, 0.25) is 5.91 Å². The van der Waals surface area contributed by atoms with E-state index in [1.807, 2.05) is 23.1 Å². The molecule has 0 bridgehead atoms. The normalized spacial score (nSPS) is 14.8. The molecule has 0 spiro atoms. The van der Waals surface area contributed by atoms with Gasteiger partial charge in [0.05, 0.1) is 14.2 Å². The Morgan fingerprint density at radius 1 is 1.21 bits per heavy atom. The van der Waals surface area contributed by atoms with Gasteiger partial charge in [0.1, 0.15) is 0 Å². The van der Waals surface area contributed by atoms with Crippen LogP contribution in [0.25, 0.3) is 0 Å². The zero-order chi connectivity index (χ0) is 17.4. The number of carbonyl (C=O) groups excluding carboxylic acids is 1. The van der Waals surface area contributed by atoms with Crippen LogP contribution in [0.15, 0.2) is 18.2 Å². The van der Waals surface area contributed by atoms with Gasteiger partial charge in [-0.3, -0.25) is 9.69 Å². The van der Waals surface area contributed by atoms with Crippen LogP contribution in [-0.4, -0.2) is 69.2 Å². The average Bonchev–Trinajstić information content (AvgIpc) is 2.65. The quantitative estimate of drug-likeness (QED) is 0.777. The fourth-order valence-corrected chi connectivity index (χ4v) is 2.91. The van der Waals surface area contributed by atoms with Crippen LogP contribution in [0.2, 0.25) is 0 Å². The minimum absolute atomic E-state index is 0.252. The molecule has 0 atom stereocenters. The number of rotatable bonds is 8. The zero-order valence-corrected chi connectivity index (χ0v) is 15.0. The third-order valence-corrected chi connectivity index (χ3v) is 4.41. The molecule has 1 heterocycles. The van der Waals surface area contributed by atoms with E-state index < -0.39 is 0 Å². The highest BCUT2D eigenvalue weighted by Gasteiger charge is 2.17. The van der Waals surface area contributed by atoms with E-state index in [1.165, 1.54) is 0 Å². The summed E-state index contributed by atoms with van der Waals surface area (Å²) in [6.45, 7) is 8.03. The molecule has 0 unspecified atom stereocenters. The molecule has 0 radical (unpaired) electrons. The van der Waals surface area contributed by atoms with Crippen LogP contribution in [-0.2, 0) is 11.3 Å². The number of piperazine rings is 1. The summed E-state index contributed by atoms with van der Waals surface area (Å²) in [5.74, 6) is 1.73. The monoisotopic (exact) mass is 335 g/mol. The minimum Gasteiger partial charge on any atom is -0.493 e. The number of hydrogen-bond acceptors (Lipinski definition) is 5. The molecule has 0 aliphatic carbocycles. The molecule has 1 amide bonds. The third-order valence-electron chi connectivity index (χ3n) is 4.41. The Morgan fingerprint density at radius 3 is 2.54 bits per heavy atom. The minimum atomic E-state index is 0.252. The number of ether oxygens (including phenoxy) is 2. The van der Waals surface area contributed by atoms with Gasteiger partial charge in [-0.15, -0.1) is 0 Å². The molecule has 0 aromatic heterocycles. The van der Waals surface area contributed by atoms with E-state index in [1.54, 1.807) is 14.2 Å². The van der Waals surface area contributed by atoms with Crippen molar-refractivity contribution in [3.63, 3.8) is 0 Å². The maximum atomic E-state index is 12.3. The second-order valence-electron chi connectivity index (χ2n) is 5.94. The van der Waals surface area contributed by atoms with E-state index in [0.29, 0.717) is 6.42 Å². The largest absolute Gasteiger partial charge is 0.493 e. The summed E-state index contributed by atoms with van der Waals surface area (Å²) in [7, 11) is 3.28. The molecule has 1 aliphatic heterocycles. The molecule has 1 aliphatic rings. The van der Waals surface area contributed by atoms with Gasteiger partial charge < -0.3 is 19.7 Å². The van der Waals surface area contributed by atoms with Gasteiger partial charge in [-0.2, -0.15) is 0 Å². The number of hydrogen-bond donors (Lipinski definition) is 1. The summed E-state index contributed by atoms with van der Waals surface area (Å²) in [4.78, 5) is 16.5. The average molecular weight is 335 g/mol. The topological polar surface area (TPSA) is 54.0 Å². The lowest BCUT2D eigenvalue weighted by Crippen LogP contribution is -2.47. The Morgan fingerprint density at radius 2 is 1.92 bits per heavy atom. The van der Waals surface area contributed by atoms with E-state index in [4.69, 9.17) is 9.47 Å². The van der Waals surface area contributed by atoms with Crippen LogP contribution in [0.5, 0.6) is 11.5 Å². The lowest BCUT2D eigenvalue weighted by Gasteiger charge is -2.28. The van der Waals surface area contributed by atoms with Crippen LogP contribution in [0, 0.1) is 0 Å². The second kappa shape index (κ2) is 9.49. The summed E-state index contributed by atoms with van der Waals surface area (Å²) in [5, 5.41) is 3.27. The van der Waals surface area contributed by atoms with E-state index in [0.717, 1.165) is 62.9 Å². The molecule has 2 rings (SSSR count). The Labute approximate surface area is 144 Å². The zero-order valence-electron chi connectivity index (χ0n) is 15.0. The molecule has 134 valence electrons. The van der Waals surface area contributed by atoms with Crippen molar-refractivity contribution in [1.29, 1.82) is 0 Å². The standard InChI is InChI=1S/C18H29N3O3/c1-4-20(10-7-18(22)21-11-8-19-9-12-21)14-15-5-6-16(23-2)17(13-15)24-3/h5-6,13,19H,4,7-12,14H2,1-3H3. The van der Waals surface area contributed by atoms with Gasteiger partial charge in [0.25, 0.3) is 0 Å². The highest BCUT2D eigenvalue weighted by molar-refractivity contribution is 5.76. The lowest BCUT2D eigenvalue weighted by atomic mass is 10.1. The van der Waals surface area contributed by atoms with E-state index in [2.05, 4.69) is 17.1 Å². The van der Waals surface area contributed by atoms with Gasteiger partial charge in [-0.1, -0.05) is 13.0 Å². The maximum absolute atomic E-state index is 12.3. The molecule has 1 aromatic carbocycles. The highest BCUT2D eigenvalue weighted by Crippen LogP contribution is 2.28. The fraction of sp³-hybridized carbons (Fsp3) is 0.611. The van der Waals surface area contributed by atoms with Crippen LogP contribution in [0.3, 0.4) is 0 Å². The van der Waals surface area contributed by atoms with Gasteiger partial charge >= 0.3 is 0 Å². The first-order valence-electron chi connectivity index (χ1n) is 8.59. The predicted octanol–water partition coefficient (Wildman–Crippen LogP) is 1.35. The molecule has 6 heteroatoms. The lowest BCUT2D eigenvalue weighted by molar-refractivity contribution is -0.132. The molecule has 0 saturated carbocycles. The van der Waals surface area contributed by atoms with Crippen molar-refractivity contribution in [1.82, 2.24) is 15.1 Å². The molecular formula is C18H29N3O3. The Balaban J connectivity index is 1.88. The van der Waals surface area contributed by atoms with Crippen LogP contribution in [0.1, 0.15) is 18.9 Å². The highest BCUT2D eigenvalue weighted by atomic mass is 16.5. The van der Waals surface area contributed by atoms with Gasteiger partial charge in [-0.05, 0) is 24.2 Å². The van der Waals surface area contributed by atoms with Crippen LogP contribution >= 0.6 is 0 Å². The summed E-state index contributed by atoms with van der Waals surface area (Å²) in [5.41, 5.74) is 1.16. The fourth-order valence-electron chi connectivity index (χ4n) is 2.91. The maximum Gasteiger partial charge on any atom is 0.223 e. The summed E-state index contributed by atoms with van der Waals surface area (Å²) in [6.07, 6.45) is 0.571. The second-order valence-corrected chi connectivity index (χ2v) is 5.94. The number of nitrogens with zero attached hydrogens (tertiary/aromatic N) is 2. The van der Waals surface area contributed by atoms with E-state index >= 15 is 0 Å². The number of nitrogens with one attached hydrogen (secondary N) is 1. The van der Waals surface area contributed by atoms with Gasteiger partial charge in [-0.25, -0.2) is 0 Å². The van der Waals surface area contributed by atoms with E-state index in [9.17, 15) is 4.79 Å². The number of benzene rings is 1. The first-order valence-corrected chi connectivity index (χ1v) is 8.59. The van der Waals surface area contributed by atoms with Crippen molar-refractivity contribution in [2.45, 2.75) is 19.9 Å². The first kappa shape index (κ1) is 18.5. The van der Waals surface area contributed by atoms with Crippen LogP contribution < -0.4 is 14.8 Å². The summed E-state index contributed by atoms with van der Waals surface area (Å²) >= 11 is 0. The molecule has 1 aromatic rings. The molecule has 1 saturated heterocycles. The van der Waals surface area contributed by atoms with Crippen molar-refractivity contribution in [2.75, 3.05) is 53.5 Å². The van der Waals surface area contributed by atoms with Gasteiger partial charge in [0.15, 0.2) is 11.5 Å². The van der Waals surface area contributed by atoms with Crippen molar-refractivity contribution < 1.29 is 14.3 Å². The smallest absolute Gasteiger partial charge is 0.223 e. The van der Waals surface area contributed by atoms with Crippen molar-refractivity contribution in [3.8, 4) is 11.5 Å². The predicted molar refractivity (Wildman–Crippen MR) is 94.6 cm³/mol. The molecule has 1 fully saturated rings. The SMILES string of the molecule is CCN(CCC(=O)N1CCNCC1)Cc1ccc(OC)c(OC)c1. The molecule has 6 nitrogen and oxygen atoms in total. The molecule has 24 heavy (non-hydrogen) atoms. The molecule has 1 N–H and O–H groups in total. The summed E-state index contributed by atoms with van der Waals surface area (Å²) < 4.78 is 10.6. The number of methoxy groups -OCH3 is 2. The number of amides is 1. The first-order chi connectivity index (χ1) is 11.7. The molecular weight excluding hydrogens is 306 g/mol. The van der Waals surface area contributed by atoms with E-state index in [-0.39, 0.29) is 5.91 Å². The Kier molecular flexibility index (Phi) is 7.34. The Hall–Kier alpha value is -1.79. The third kappa shape index (κ3) is 5.11.